The Morgan fingerprint density at radius 3 is 3.06 bits per heavy atom. The van der Waals surface area contributed by atoms with Gasteiger partial charge in [-0.1, -0.05) is 25.0 Å². The van der Waals surface area contributed by atoms with Gasteiger partial charge < -0.3 is 5.32 Å². The maximum absolute atomic E-state index is 4.26. The fourth-order valence-corrected chi connectivity index (χ4v) is 3.51. The first-order chi connectivity index (χ1) is 7.83. The van der Waals surface area contributed by atoms with E-state index in [0.717, 1.165) is 6.54 Å². The molecule has 1 aliphatic carbocycles. The van der Waals surface area contributed by atoms with Crippen molar-refractivity contribution in [3.63, 3.8) is 0 Å². The van der Waals surface area contributed by atoms with Crippen molar-refractivity contribution < 1.29 is 0 Å². The lowest BCUT2D eigenvalue weighted by Gasteiger charge is -2.22. The minimum atomic E-state index is 0.281. The highest BCUT2D eigenvalue weighted by atomic mass is 15.5. The van der Waals surface area contributed by atoms with Crippen LogP contribution in [0.1, 0.15) is 39.0 Å². The van der Waals surface area contributed by atoms with Crippen LogP contribution in [0.3, 0.4) is 0 Å². The number of rotatable bonds is 4. The fourth-order valence-electron chi connectivity index (χ4n) is 3.51. The number of unbranched alkanes of at least 4 members (excludes halogenated alkanes) is 1. The van der Waals surface area contributed by atoms with Gasteiger partial charge in [-0.3, -0.25) is 0 Å². The third-order valence-corrected chi connectivity index (χ3v) is 4.54. The molecule has 1 aliphatic heterocycles. The van der Waals surface area contributed by atoms with Gasteiger partial charge >= 0.3 is 0 Å². The number of hydrogen-bond donors (Lipinski definition) is 1. The molecule has 0 aromatic carbocycles. The first-order valence-corrected chi connectivity index (χ1v) is 6.41. The highest BCUT2D eigenvalue weighted by molar-refractivity contribution is 5.20. The molecule has 0 radical (unpaired) electrons. The fraction of sp³-hybridized carbons (Fsp3) is 0.833. The third kappa shape index (κ3) is 1.25. The first-order valence-electron chi connectivity index (χ1n) is 6.41. The van der Waals surface area contributed by atoms with Gasteiger partial charge in [0.1, 0.15) is 0 Å². The van der Waals surface area contributed by atoms with Crippen molar-refractivity contribution in [2.24, 2.45) is 5.41 Å². The maximum atomic E-state index is 4.26. The van der Waals surface area contributed by atoms with Crippen LogP contribution < -0.4 is 5.32 Å². The van der Waals surface area contributed by atoms with Gasteiger partial charge in [0.05, 0.1) is 11.7 Å². The van der Waals surface area contributed by atoms with Crippen molar-refractivity contribution >= 4 is 0 Å². The summed E-state index contributed by atoms with van der Waals surface area (Å²) in [5.74, 6) is 0. The molecule has 88 valence electrons. The normalized spacial score (nSPS) is 37.1. The molecule has 1 spiro atoms. The summed E-state index contributed by atoms with van der Waals surface area (Å²) in [5, 5.41) is 11.8. The van der Waals surface area contributed by atoms with Crippen LogP contribution in [0.25, 0.3) is 0 Å². The smallest absolute Gasteiger partial charge is 0.0721 e. The maximum Gasteiger partial charge on any atom is 0.0721 e. The Kier molecular flexibility index (Phi) is 2.28. The number of nitrogens with zero attached hydrogens (tertiary/aromatic N) is 3. The molecule has 2 fully saturated rings. The molecule has 4 nitrogen and oxygen atoms in total. The van der Waals surface area contributed by atoms with Crippen LogP contribution in [0.2, 0.25) is 0 Å². The minimum Gasteiger partial charge on any atom is -0.316 e. The van der Waals surface area contributed by atoms with Crippen molar-refractivity contribution in [2.45, 2.75) is 44.6 Å². The molecule has 4 heteroatoms. The second-order valence-electron chi connectivity index (χ2n) is 5.37. The van der Waals surface area contributed by atoms with Crippen LogP contribution in [-0.4, -0.2) is 28.1 Å². The zero-order valence-electron chi connectivity index (χ0n) is 9.95. The molecule has 16 heavy (non-hydrogen) atoms. The Labute approximate surface area is 96.4 Å². The molecule has 1 N–H and O–H groups in total. The van der Waals surface area contributed by atoms with Gasteiger partial charge in [-0.2, -0.15) is 0 Å². The van der Waals surface area contributed by atoms with Crippen molar-refractivity contribution in [3.05, 3.63) is 12.4 Å². The Hall–Kier alpha value is -0.900. The van der Waals surface area contributed by atoms with Gasteiger partial charge in [-0.15, -0.1) is 5.10 Å². The van der Waals surface area contributed by atoms with Gasteiger partial charge in [0.2, 0.25) is 0 Å². The van der Waals surface area contributed by atoms with Crippen LogP contribution in [0.5, 0.6) is 0 Å². The highest BCUT2D eigenvalue weighted by Crippen LogP contribution is 2.66. The summed E-state index contributed by atoms with van der Waals surface area (Å²) in [6, 6.07) is 0. The Morgan fingerprint density at radius 1 is 1.50 bits per heavy atom. The molecule has 1 saturated heterocycles. The molecule has 0 bridgehead atoms. The molecule has 1 saturated carbocycles. The number of aromatic nitrogens is 3. The van der Waals surface area contributed by atoms with Gasteiger partial charge in [0.25, 0.3) is 0 Å². The van der Waals surface area contributed by atoms with Crippen molar-refractivity contribution in [2.75, 3.05) is 13.1 Å². The lowest BCUT2D eigenvalue weighted by Crippen LogP contribution is -2.28. The zero-order chi connectivity index (χ0) is 11.1. The van der Waals surface area contributed by atoms with E-state index < -0.39 is 0 Å². The largest absolute Gasteiger partial charge is 0.316 e. The average Bonchev–Trinajstić information content (AvgIpc) is 2.72. The highest BCUT2D eigenvalue weighted by Gasteiger charge is 2.69. The summed E-state index contributed by atoms with van der Waals surface area (Å²) in [6.45, 7) is 4.59. The second-order valence-corrected chi connectivity index (χ2v) is 5.37. The van der Waals surface area contributed by atoms with Crippen LogP contribution in [0, 0.1) is 5.41 Å². The van der Waals surface area contributed by atoms with E-state index >= 15 is 0 Å². The topological polar surface area (TPSA) is 42.7 Å². The van der Waals surface area contributed by atoms with Crippen LogP contribution in [-0.2, 0) is 5.54 Å². The second kappa shape index (κ2) is 3.55. The van der Waals surface area contributed by atoms with Gasteiger partial charge in [0, 0.05) is 18.2 Å². The van der Waals surface area contributed by atoms with Crippen molar-refractivity contribution in [1.82, 2.24) is 20.3 Å². The summed E-state index contributed by atoms with van der Waals surface area (Å²) in [6.07, 6.45) is 10.3. The molecule has 2 heterocycles. The van der Waals surface area contributed by atoms with Gasteiger partial charge in [-0.05, 0) is 25.8 Å². The van der Waals surface area contributed by atoms with E-state index in [1.165, 1.54) is 38.6 Å². The molecule has 2 aliphatic rings. The van der Waals surface area contributed by atoms with Crippen molar-refractivity contribution in [1.29, 1.82) is 0 Å². The molecule has 1 aromatic heterocycles. The number of hydrogen-bond acceptors (Lipinski definition) is 3. The van der Waals surface area contributed by atoms with E-state index in [1.807, 2.05) is 12.4 Å². The predicted molar refractivity (Wildman–Crippen MR) is 62.1 cm³/mol. The Morgan fingerprint density at radius 2 is 2.44 bits per heavy atom. The van der Waals surface area contributed by atoms with E-state index in [0.29, 0.717) is 5.41 Å². The summed E-state index contributed by atoms with van der Waals surface area (Å²) in [7, 11) is 0. The monoisotopic (exact) mass is 220 g/mol. The van der Waals surface area contributed by atoms with E-state index in [1.54, 1.807) is 0 Å². The minimum absolute atomic E-state index is 0.281. The summed E-state index contributed by atoms with van der Waals surface area (Å²) in [4.78, 5) is 0. The quantitative estimate of drug-likeness (QED) is 0.837. The van der Waals surface area contributed by atoms with E-state index in [2.05, 4.69) is 27.2 Å². The lowest BCUT2D eigenvalue weighted by atomic mass is 9.94. The molecule has 0 amide bonds. The standard InChI is InChI=1S/C12H20N4/c1-2-3-4-12(16-8-7-14-15-16)9-11(12)5-6-13-10-11/h7-8,13H,2-6,9-10H2,1H3. The van der Waals surface area contributed by atoms with E-state index in [9.17, 15) is 0 Å². The first kappa shape index (κ1) is 10.3. The van der Waals surface area contributed by atoms with Crippen molar-refractivity contribution in [3.8, 4) is 0 Å². The van der Waals surface area contributed by atoms with Crippen LogP contribution in [0.15, 0.2) is 12.4 Å². The Balaban J connectivity index is 1.86. The van der Waals surface area contributed by atoms with E-state index in [-0.39, 0.29) is 5.54 Å². The average molecular weight is 220 g/mol. The summed E-state index contributed by atoms with van der Waals surface area (Å²) < 4.78 is 2.13. The molecule has 3 rings (SSSR count). The lowest BCUT2D eigenvalue weighted by molar-refractivity contribution is 0.289. The summed E-state index contributed by atoms with van der Waals surface area (Å²) in [5.41, 5.74) is 0.763. The molecule has 2 unspecified atom stereocenters. The van der Waals surface area contributed by atoms with Crippen LogP contribution >= 0.6 is 0 Å². The predicted octanol–water partition coefficient (Wildman–Crippen LogP) is 1.55. The molecule has 2 atom stereocenters. The van der Waals surface area contributed by atoms with Gasteiger partial charge in [-0.25, -0.2) is 4.68 Å². The van der Waals surface area contributed by atoms with Crippen LogP contribution in [0.4, 0.5) is 0 Å². The third-order valence-electron chi connectivity index (χ3n) is 4.54. The zero-order valence-corrected chi connectivity index (χ0v) is 9.95. The van der Waals surface area contributed by atoms with E-state index in [4.69, 9.17) is 0 Å². The number of nitrogens with one attached hydrogen (secondary N) is 1. The molecule has 1 aromatic rings. The van der Waals surface area contributed by atoms with Gasteiger partial charge in [0.15, 0.2) is 0 Å². The molecular formula is C12H20N4. The molecular weight excluding hydrogens is 200 g/mol. The Bertz CT molecular complexity index is 353. The SMILES string of the molecule is CCCCC1(n2ccnn2)CC12CCNC2. The summed E-state index contributed by atoms with van der Waals surface area (Å²) >= 11 is 0.